The molecule has 4 N–H and O–H groups in total. The van der Waals surface area contributed by atoms with E-state index in [0.717, 1.165) is 13.0 Å². The lowest BCUT2D eigenvalue weighted by molar-refractivity contribution is -0.729. The van der Waals surface area contributed by atoms with Crippen molar-refractivity contribution in [1.82, 2.24) is 0 Å². The largest absolute Gasteiger partial charge is 0.365 e. The van der Waals surface area contributed by atoms with Crippen molar-refractivity contribution in [1.29, 1.82) is 0 Å². The minimum absolute atomic E-state index is 0.0972. The maximum Gasteiger partial charge on any atom is 0.275 e. The summed E-state index contributed by atoms with van der Waals surface area (Å²) in [7, 11) is 0. The van der Waals surface area contributed by atoms with Gasteiger partial charge in [0.15, 0.2) is 6.04 Å². The van der Waals surface area contributed by atoms with Gasteiger partial charge in [0.25, 0.3) is 5.91 Å². The van der Waals surface area contributed by atoms with Crippen LogP contribution in [0.2, 0.25) is 0 Å². The predicted molar refractivity (Wildman–Crippen MR) is 24.4 cm³/mol. The van der Waals surface area contributed by atoms with Gasteiger partial charge in [0.1, 0.15) is 0 Å². The van der Waals surface area contributed by atoms with E-state index in [0.29, 0.717) is 0 Å². The molecule has 1 heterocycles. The Morgan fingerprint density at radius 2 is 2.43 bits per heavy atom. The average Bonchev–Trinajstić information content (AvgIpc) is 1.23. The van der Waals surface area contributed by atoms with Crippen LogP contribution in [-0.4, -0.2) is 18.5 Å². The third kappa shape index (κ3) is 0.718. The second-order valence-corrected chi connectivity index (χ2v) is 1.82. The molecule has 1 fully saturated rings. The minimum atomic E-state index is -0.175. The summed E-state index contributed by atoms with van der Waals surface area (Å²) in [4.78, 5) is 10.2. The molecule has 40 valence electrons. The molecular formula is C4H9N2O+. The Morgan fingerprint density at radius 3 is 2.43 bits per heavy atom. The number of primary amides is 1. The van der Waals surface area contributed by atoms with Crippen molar-refractivity contribution in [2.45, 2.75) is 12.5 Å². The second kappa shape index (κ2) is 1.50. The molecule has 7 heavy (non-hydrogen) atoms. The first-order valence-corrected chi connectivity index (χ1v) is 2.43. The highest BCUT2D eigenvalue weighted by molar-refractivity contribution is 5.78. The number of nitrogens with two attached hydrogens (primary N) is 2. The molecule has 0 aromatic rings. The van der Waals surface area contributed by atoms with E-state index in [2.05, 4.69) is 0 Å². The fraction of sp³-hybridized carbons (Fsp3) is 0.750. The zero-order valence-electron chi connectivity index (χ0n) is 4.05. The number of carbonyl (C=O) groups excluding carboxylic acids is 1. The second-order valence-electron chi connectivity index (χ2n) is 1.82. The van der Waals surface area contributed by atoms with Gasteiger partial charge in [-0.25, -0.2) is 0 Å². The van der Waals surface area contributed by atoms with Crippen LogP contribution in [0.4, 0.5) is 0 Å². The van der Waals surface area contributed by atoms with Crippen molar-refractivity contribution in [2.24, 2.45) is 5.73 Å². The number of quaternary nitrogens is 1. The molecule has 0 aliphatic carbocycles. The molecule has 0 saturated carbocycles. The molecule has 1 saturated heterocycles. The zero-order chi connectivity index (χ0) is 5.28. The molecule has 0 aromatic heterocycles. The van der Waals surface area contributed by atoms with Gasteiger partial charge >= 0.3 is 0 Å². The molecule has 3 nitrogen and oxygen atoms in total. The van der Waals surface area contributed by atoms with Gasteiger partial charge in [-0.05, 0) is 0 Å². The molecule has 1 aliphatic heterocycles. The van der Waals surface area contributed by atoms with E-state index < -0.39 is 0 Å². The van der Waals surface area contributed by atoms with Gasteiger partial charge in [-0.3, -0.25) is 4.79 Å². The van der Waals surface area contributed by atoms with Crippen LogP contribution in [0.5, 0.6) is 0 Å². The molecule has 0 radical (unpaired) electrons. The van der Waals surface area contributed by atoms with E-state index in [-0.39, 0.29) is 11.9 Å². The van der Waals surface area contributed by atoms with Crippen molar-refractivity contribution in [3.63, 3.8) is 0 Å². The molecular weight excluding hydrogens is 92.1 g/mol. The topological polar surface area (TPSA) is 59.7 Å². The molecule has 0 unspecified atom stereocenters. The average molecular weight is 101 g/mol. The van der Waals surface area contributed by atoms with Gasteiger partial charge in [0.05, 0.1) is 13.0 Å². The predicted octanol–water partition coefficient (Wildman–Crippen LogP) is -2.19. The maximum absolute atomic E-state index is 10.2. The fourth-order valence-corrected chi connectivity index (χ4v) is 0.592. The van der Waals surface area contributed by atoms with Crippen LogP contribution >= 0.6 is 0 Å². The maximum atomic E-state index is 10.2. The Morgan fingerprint density at radius 1 is 1.86 bits per heavy atom. The highest BCUT2D eigenvalue weighted by Crippen LogP contribution is 1.87. The smallest absolute Gasteiger partial charge is 0.275 e. The van der Waals surface area contributed by atoms with Crippen molar-refractivity contribution >= 4 is 5.91 Å². The highest BCUT2D eigenvalue weighted by atomic mass is 16.1. The summed E-state index contributed by atoms with van der Waals surface area (Å²) in [5.74, 6) is -0.175. The Balaban J connectivity index is 2.27. The summed E-state index contributed by atoms with van der Waals surface area (Å²) in [6, 6.07) is 0.0972. The van der Waals surface area contributed by atoms with Gasteiger partial charge in [-0.2, -0.15) is 0 Å². The quantitative estimate of drug-likeness (QED) is 0.387. The monoisotopic (exact) mass is 101 g/mol. The van der Waals surface area contributed by atoms with E-state index >= 15 is 0 Å². The SMILES string of the molecule is NC(=O)[C@H]1CC[NH2+]1. The summed E-state index contributed by atoms with van der Waals surface area (Å²) in [6.45, 7) is 1.06. The van der Waals surface area contributed by atoms with Crippen LogP contribution in [0.1, 0.15) is 6.42 Å². The van der Waals surface area contributed by atoms with Gasteiger partial charge < -0.3 is 11.1 Å². The van der Waals surface area contributed by atoms with E-state index in [4.69, 9.17) is 5.73 Å². The molecule has 1 atom stereocenters. The summed E-state index contributed by atoms with van der Waals surface area (Å²) in [5.41, 5.74) is 4.93. The van der Waals surface area contributed by atoms with Crippen molar-refractivity contribution in [3.05, 3.63) is 0 Å². The van der Waals surface area contributed by atoms with Crippen molar-refractivity contribution in [2.75, 3.05) is 6.54 Å². The van der Waals surface area contributed by atoms with Gasteiger partial charge in [0.2, 0.25) is 0 Å². The molecule has 0 bridgehead atoms. The number of carbonyl (C=O) groups is 1. The van der Waals surface area contributed by atoms with Gasteiger partial charge in [-0.15, -0.1) is 0 Å². The standard InChI is InChI=1S/C4H8N2O/c5-4(7)3-1-2-6-3/h3,6H,1-2H2,(H2,5,7)/p+1/t3-/m1/s1. The van der Waals surface area contributed by atoms with Crippen LogP contribution in [0.15, 0.2) is 0 Å². The normalized spacial score (nSPS) is 28.9. The Bertz CT molecular complexity index is 87.7. The van der Waals surface area contributed by atoms with Crippen LogP contribution in [0, 0.1) is 0 Å². The Hall–Kier alpha value is -0.570. The minimum Gasteiger partial charge on any atom is -0.365 e. The first-order valence-electron chi connectivity index (χ1n) is 2.43. The first-order chi connectivity index (χ1) is 3.30. The lowest BCUT2D eigenvalue weighted by atomic mass is 10.1. The summed E-state index contributed by atoms with van der Waals surface area (Å²) < 4.78 is 0. The lowest BCUT2D eigenvalue weighted by Crippen LogP contribution is -3.00. The Labute approximate surface area is 41.9 Å². The molecule has 1 amide bonds. The van der Waals surface area contributed by atoms with Crippen LogP contribution in [0.25, 0.3) is 0 Å². The van der Waals surface area contributed by atoms with E-state index in [1.54, 1.807) is 0 Å². The van der Waals surface area contributed by atoms with Gasteiger partial charge in [-0.1, -0.05) is 0 Å². The number of hydrogen-bond donors (Lipinski definition) is 2. The number of rotatable bonds is 1. The first kappa shape index (κ1) is 4.59. The van der Waals surface area contributed by atoms with E-state index in [1.807, 2.05) is 5.32 Å². The third-order valence-corrected chi connectivity index (χ3v) is 1.29. The van der Waals surface area contributed by atoms with Crippen LogP contribution in [0.3, 0.4) is 0 Å². The van der Waals surface area contributed by atoms with Crippen LogP contribution < -0.4 is 11.1 Å². The molecule has 0 spiro atoms. The molecule has 1 aliphatic rings. The van der Waals surface area contributed by atoms with Gasteiger partial charge in [0, 0.05) is 0 Å². The summed E-state index contributed by atoms with van der Waals surface area (Å²) >= 11 is 0. The summed E-state index contributed by atoms with van der Waals surface area (Å²) in [5, 5.41) is 1.95. The van der Waals surface area contributed by atoms with Crippen molar-refractivity contribution in [3.8, 4) is 0 Å². The van der Waals surface area contributed by atoms with Crippen molar-refractivity contribution < 1.29 is 10.1 Å². The zero-order valence-corrected chi connectivity index (χ0v) is 4.05. The lowest BCUT2D eigenvalue weighted by Gasteiger charge is -2.18. The Kier molecular flexibility index (Phi) is 0.982. The molecule has 0 aromatic carbocycles. The van der Waals surface area contributed by atoms with E-state index in [1.165, 1.54) is 0 Å². The summed E-state index contributed by atoms with van der Waals surface area (Å²) in [6.07, 6.45) is 0.968. The van der Waals surface area contributed by atoms with Crippen LogP contribution in [-0.2, 0) is 4.79 Å². The molecule has 3 heteroatoms. The third-order valence-electron chi connectivity index (χ3n) is 1.29. The van der Waals surface area contributed by atoms with E-state index in [9.17, 15) is 4.79 Å². The highest BCUT2D eigenvalue weighted by Gasteiger charge is 2.26. The fourth-order valence-electron chi connectivity index (χ4n) is 0.592. The molecule has 1 rings (SSSR count). The number of amides is 1. The number of hydrogen-bond acceptors (Lipinski definition) is 1.